The first-order chi connectivity index (χ1) is 6.92. The molecule has 1 atom stereocenters. The van der Waals surface area contributed by atoms with Crippen LogP contribution in [0.25, 0.3) is 0 Å². The van der Waals surface area contributed by atoms with E-state index in [-0.39, 0.29) is 0 Å². The molecule has 0 aliphatic carbocycles. The summed E-state index contributed by atoms with van der Waals surface area (Å²) >= 11 is 0. The van der Waals surface area contributed by atoms with Crippen LogP contribution >= 0.6 is 0 Å². The summed E-state index contributed by atoms with van der Waals surface area (Å²) in [5.41, 5.74) is 0. The summed E-state index contributed by atoms with van der Waals surface area (Å²) in [5.74, 6) is -5.04. The smallest absolute Gasteiger partial charge is 0.314 e. The molecule has 0 aliphatic heterocycles. The van der Waals surface area contributed by atoms with Gasteiger partial charge >= 0.3 is 18.2 Å². The van der Waals surface area contributed by atoms with Crippen molar-refractivity contribution < 1.29 is 39.9 Å². The predicted octanol–water partition coefficient (Wildman–Crippen LogP) is 3.54. The number of alkyl halides is 8. The van der Waals surface area contributed by atoms with Crippen LogP contribution in [0.1, 0.15) is 13.3 Å². The Morgan fingerprint density at radius 1 is 1.00 bits per heavy atom. The van der Waals surface area contributed by atoms with Crippen LogP contribution in [-0.2, 0) is 4.74 Å². The van der Waals surface area contributed by atoms with Crippen molar-refractivity contribution in [1.82, 2.24) is 0 Å². The van der Waals surface area contributed by atoms with Crippen molar-refractivity contribution in [3.63, 3.8) is 0 Å². The number of ether oxygens (including phenoxy) is 1. The van der Waals surface area contributed by atoms with Crippen molar-refractivity contribution in [3.8, 4) is 0 Å². The second-order valence-corrected chi connectivity index (χ2v) is 2.94. The molecule has 0 saturated heterocycles. The molecule has 0 saturated carbocycles. The molecule has 0 aromatic rings. The average molecular weight is 260 g/mol. The van der Waals surface area contributed by atoms with Gasteiger partial charge in [-0.2, -0.15) is 22.0 Å². The number of rotatable bonds is 5. The van der Waals surface area contributed by atoms with Gasteiger partial charge in [-0.15, -0.1) is 0 Å². The summed E-state index contributed by atoms with van der Waals surface area (Å²) in [6.45, 7) is -1.47. The highest BCUT2D eigenvalue weighted by molar-refractivity contribution is 4.83. The third-order valence-electron chi connectivity index (χ3n) is 1.55. The second-order valence-electron chi connectivity index (χ2n) is 2.94. The van der Waals surface area contributed by atoms with Gasteiger partial charge in [0.15, 0.2) is 0 Å². The van der Waals surface area contributed by atoms with Gasteiger partial charge in [0, 0.05) is 6.42 Å². The van der Waals surface area contributed by atoms with E-state index < -0.39 is 37.4 Å². The van der Waals surface area contributed by atoms with Gasteiger partial charge in [-0.1, -0.05) is 6.92 Å². The molecule has 16 heavy (non-hydrogen) atoms. The van der Waals surface area contributed by atoms with E-state index in [0.717, 1.165) is 6.92 Å². The van der Waals surface area contributed by atoms with Gasteiger partial charge in [0.1, 0.15) is 6.61 Å². The molecule has 0 fully saturated rings. The minimum atomic E-state index is -5.83. The van der Waals surface area contributed by atoms with E-state index in [1.165, 1.54) is 0 Å². The summed E-state index contributed by atoms with van der Waals surface area (Å²) in [4.78, 5) is 0. The Balaban J connectivity index is 4.47. The van der Waals surface area contributed by atoms with Crippen LogP contribution in [0, 0.1) is 0 Å². The van der Waals surface area contributed by atoms with Crippen molar-refractivity contribution in [2.24, 2.45) is 0 Å². The zero-order valence-corrected chi connectivity index (χ0v) is 7.92. The molecule has 0 bridgehead atoms. The third-order valence-corrected chi connectivity index (χ3v) is 1.55. The molecule has 1 unspecified atom stereocenters. The highest BCUT2D eigenvalue weighted by Crippen LogP contribution is 2.36. The topological polar surface area (TPSA) is 9.23 Å². The molecular formula is C7H8F8O. The van der Waals surface area contributed by atoms with Crippen LogP contribution in [0.5, 0.6) is 0 Å². The predicted molar refractivity (Wildman–Crippen MR) is 37.1 cm³/mol. The van der Waals surface area contributed by atoms with Crippen LogP contribution in [0.4, 0.5) is 35.1 Å². The first kappa shape index (κ1) is 15.4. The lowest BCUT2D eigenvalue weighted by Gasteiger charge is -2.24. The Morgan fingerprint density at radius 3 is 1.75 bits per heavy atom. The van der Waals surface area contributed by atoms with E-state index in [0.29, 0.717) is 0 Å². The van der Waals surface area contributed by atoms with Crippen molar-refractivity contribution in [1.29, 1.82) is 0 Å². The second kappa shape index (κ2) is 4.72. The van der Waals surface area contributed by atoms with Crippen LogP contribution in [0.2, 0.25) is 0 Å². The SMILES string of the molecule is CCC(F)(F)OCC(F)(F)C(F)C(F)(F)F. The summed E-state index contributed by atoms with van der Waals surface area (Å²) in [5, 5.41) is 0. The van der Waals surface area contributed by atoms with Crippen molar-refractivity contribution in [2.75, 3.05) is 6.61 Å². The Morgan fingerprint density at radius 2 is 1.44 bits per heavy atom. The summed E-state index contributed by atoms with van der Waals surface area (Å²) in [6.07, 6.45) is -15.4. The lowest BCUT2D eigenvalue weighted by atomic mass is 10.2. The molecule has 0 aromatic carbocycles. The van der Waals surface area contributed by atoms with E-state index in [4.69, 9.17) is 0 Å². The van der Waals surface area contributed by atoms with Crippen LogP contribution < -0.4 is 0 Å². The van der Waals surface area contributed by atoms with Gasteiger partial charge in [0.05, 0.1) is 0 Å². The number of hydrogen-bond acceptors (Lipinski definition) is 1. The summed E-state index contributed by atoms with van der Waals surface area (Å²) < 4.78 is 99.5. The van der Waals surface area contributed by atoms with Crippen LogP contribution in [0.15, 0.2) is 0 Å². The zero-order valence-electron chi connectivity index (χ0n) is 7.92. The highest BCUT2D eigenvalue weighted by Gasteiger charge is 2.57. The molecule has 98 valence electrons. The molecule has 0 heterocycles. The van der Waals surface area contributed by atoms with Crippen LogP contribution in [-0.4, -0.2) is 31.0 Å². The molecule has 1 nitrogen and oxygen atoms in total. The standard InChI is InChI=1S/C7H8F8O/c1-2-6(11,12)16-3-5(9,10)4(8)7(13,14)15/h4H,2-3H2,1H3. The first-order valence-corrected chi connectivity index (χ1v) is 4.03. The number of halogens is 8. The van der Waals surface area contributed by atoms with E-state index in [2.05, 4.69) is 4.74 Å². The fraction of sp³-hybridized carbons (Fsp3) is 1.00. The van der Waals surface area contributed by atoms with E-state index in [1.807, 2.05) is 0 Å². The fourth-order valence-electron chi connectivity index (χ4n) is 0.616. The van der Waals surface area contributed by atoms with Gasteiger partial charge in [-0.25, -0.2) is 13.2 Å². The molecular weight excluding hydrogens is 252 g/mol. The molecule has 0 amide bonds. The van der Waals surface area contributed by atoms with Crippen molar-refractivity contribution in [3.05, 3.63) is 0 Å². The quantitative estimate of drug-likeness (QED) is 0.687. The lowest BCUT2D eigenvalue weighted by molar-refractivity contribution is -0.301. The molecule has 0 rings (SSSR count). The lowest BCUT2D eigenvalue weighted by Crippen LogP contribution is -2.46. The fourth-order valence-corrected chi connectivity index (χ4v) is 0.616. The molecule has 0 aromatic heterocycles. The van der Waals surface area contributed by atoms with E-state index in [9.17, 15) is 35.1 Å². The Bertz CT molecular complexity index is 223. The highest BCUT2D eigenvalue weighted by atomic mass is 19.4. The van der Waals surface area contributed by atoms with Crippen molar-refractivity contribution >= 4 is 0 Å². The molecule has 9 heteroatoms. The maximum atomic E-state index is 12.4. The van der Waals surface area contributed by atoms with Gasteiger partial charge in [-0.05, 0) is 0 Å². The summed E-state index contributed by atoms with van der Waals surface area (Å²) in [7, 11) is 0. The first-order valence-electron chi connectivity index (χ1n) is 4.03. The normalized spacial score (nSPS) is 16.3. The maximum Gasteiger partial charge on any atom is 0.425 e. The molecule has 0 aliphatic rings. The average Bonchev–Trinajstić information content (AvgIpc) is 2.13. The van der Waals surface area contributed by atoms with Gasteiger partial charge < -0.3 is 4.74 Å². The Hall–Kier alpha value is -0.600. The third kappa shape index (κ3) is 4.50. The monoisotopic (exact) mass is 260 g/mol. The maximum absolute atomic E-state index is 12.4. The zero-order chi connectivity index (χ0) is 13.2. The largest absolute Gasteiger partial charge is 0.425 e. The van der Waals surface area contributed by atoms with E-state index in [1.54, 1.807) is 0 Å². The van der Waals surface area contributed by atoms with Gasteiger partial charge in [0.25, 0.3) is 6.17 Å². The Labute approximate surface area is 85.4 Å². The summed E-state index contributed by atoms with van der Waals surface area (Å²) in [6, 6.07) is 0. The van der Waals surface area contributed by atoms with Crippen LogP contribution in [0.3, 0.4) is 0 Å². The van der Waals surface area contributed by atoms with Gasteiger partial charge in [-0.3, -0.25) is 0 Å². The molecule has 0 radical (unpaired) electrons. The molecule has 0 spiro atoms. The number of hydrogen-bond donors (Lipinski definition) is 0. The minimum absolute atomic E-state index is 0.870. The minimum Gasteiger partial charge on any atom is -0.314 e. The Kier molecular flexibility index (Phi) is 4.55. The van der Waals surface area contributed by atoms with Gasteiger partial charge in [0.2, 0.25) is 0 Å². The van der Waals surface area contributed by atoms with Crippen molar-refractivity contribution in [2.45, 2.75) is 37.7 Å². The van der Waals surface area contributed by atoms with E-state index >= 15 is 0 Å². The molecule has 0 N–H and O–H groups in total.